The molecular weight excluding hydrogens is 454 g/mol. The molecule has 184 valence electrons. The zero-order valence-corrected chi connectivity index (χ0v) is 20.4. The molecule has 0 fully saturated rings. The van der Waals surface area contributed by atoms with Crippen LogP contribution in [0.4, 0.5) is 14.6 Å². The van der Waals surface area contributed by atoms with Gasteiger partial charge in [0.1, 0.15) is 23.8 Å². The Labute approximate surface area is 203 Å². The lowest BCUT2D eigenvalue weighted by Crippen LogP contribution is -2.58. The molecule has 0 radical (unpaired) electrons. The first-order chi connectivity index (χ1) is 16.3. The number of benzene rings is 2. The number of carbonyl (C=O) groups is 2. The van der Waals surface area contributed by atoms with E-state index >= 15 is 0 Å². The number of amides is 2. The van der Waals surface area contributed by atoms with Gasteiger partial charge >= 0.3 is 6.41 Å². The van der Waals surface area contributed by atoms with E-state index in [1.807, 2.05) is 13.8 Å². The van der Waals surface area contributed by atoms with Crippen LogP contribution in [0.1, 0.15) is 50.5 Å². The molecule has 1 heterocycles. The van der Waals surface area contributed by atoms with Crippen molar-refractivity contribution >= 4 is 18.1 Å². The van der Waals surface area contributed by atoms with Gasteiger partial charge in [0.25, 0.3) is 5.82 Å². The molecule has 0 aliphatic carbocycles. The second kappa shape index (κ2) is 9.59. The molecule has 2 aromatic carbocycles. The van der Waals surface area contributed by atoms with Crippen molar-refractivity contribution in [3.05, 3.63) is 77.4 Å². The van der Waals surface area contributed by atoms with Crippen LogP contribution in [0.15, 0.2) is 54.6 Å². The molecular formula is C26H29F2N4O3+. The Morgan fingerprint density at radius 3 is 2.17 bits per heavy atom. The van der Waals surface area contributed by atoms with Crippen LogP contribution in [0.25, 0.3) is 11.3 Å². The highest BCUT2D eigenvalue weighted by Crippen LogP contribution is 2.34. The zero-order chi connectivity index (χ0) is 26.0. The van der Waals surface area contributed by atoms with Gasteiger partial charge in [-0.05, 0) is 62.7 Å². The summed E-state index contributed by atoms with van der Waals surface area (Å²) in [6.45, 7) is 9.37. The summed E-state index contributed by atoms with van der Waals surface area (Å²) in [5.74, 6) is -1.48. The van der Waals surface area contributed by atoms with Crippen LogP contribution in [0.3, 0.4) is 0 Å². The number of quaternary nitrogens is 1. The van der Waals surface area contributed by atoms with Crippen LogP contribution in [0.5, 0.6) is 0 Å². The maximum absolute atomic E-state index is 14.4. The summed E-state index contributed by atoms with van der Waals surface area (Å²) in [6, 6.07) is 12.8. The van der Waals surface area contributed by atoms with E-state index in [-0.39, 0.29) is 35.0 Å². The van der Waals surface area contributed by atoms with E-state index in [0.29, 0.717) is 6.41 Å². The predicted molar refractivity (Wildman–Crippen MR) is 129 cm³/mol. The number of hydrogen-bond acceptors (Lipinski definition) is 5. The van der Waals surface area contributed by atoms with Crippen molar-refractivity contribution < 1.29 is 23.2 Å². The lowest BCUT2D eigenvalue weighted by molar-refractivity contribution is -0.214. The third-order valence-corrected chi connectivity index (χ3v) is 5.43. The molecule has 3 rings (SSSR count). The van der Waals surface area contributed by atoms with Gasteiger partial charge in [-0.3, -0.25) is 4.79 Å². The molecule has 0 saturated carbocycles. The number of carbonyl (C=O) groups excluding carboxylic acids is 2. The quantitative estimate of drug-likeness (QED) is 0.285. The Morgan fingerprint density at radius 2 is 1.66 bits per heavy atom. The molecule has 2 N–H and O–H groups in total. The number of aromatic nitrogens is 2. The average molecular weight is 484 g/mol. The molecule has 1 unspecified atom stereocenters. The summed E-state index contributed by atoms with van der Waals surface area (Å²) in [7, 11) is 0. The fraction of sp³-hybridized carbons (Fsp3) is 0.308. The lowest BCUT2D eigenvalue weighted by Gasteiger charge is -2.38. The van der Waals surface area contributed by atoms with Gasteiger partial charge in [-0.15, -0.1) is 5.10 Å². The van der Waals surface area contributed by atoms with Crippen LogP contribution >= 0.6 is 0 Å². The second-order valence-electron chi connectivity index (χ2n) is 9.99. The van der Waals surface area contributed by atoms with Crippen LogP contribution in [-0.2, 0) is 15.0 Å². The zero-order valence-electron chi connectivity index (χ0n) is 20.4. The normalized spacial score (nSPS) is 13.8. The SMILES string of the molecule is CC(C)(C)O[N+](C=O)(CC(C)(C)c1ccc(F)cc1)c1ccc(-c2cc(C(N)=O)ccc2F)nn1. The van der Waals surface area contributed by atoms with Gasteiger partial charge in [-0.1, -0.05) is 35.7 Å². The second-order valence-corrected chi connectivity index (χ2v) is 9.99. The van der Waals surface area contributed by atoms with Gasteiger partial charge in [0.05, 0.1) is 5.69 Å². The highest BCUT2D eigenvalue weighted by atomic mass is 19.1. The fourth-order valence-electron chi connectivity index (χ4n) is 3.89. The summed E-state index contributed by atoms with van der Waals surface area (Å²) in [4.78, 5) is 30.3. The Balaban J connectivity index is 2.06. The smallest absolute Gasteiger partial charge is 0.340 e. The monoisotopic (exact) mass is 483 g/mol. The van der Waals surface area contributed by atoms with Crippen LogP contribution in [0.2, 0.25) is 0 Å². The van der Waals surface area contributed by atoms with Crippen molar-refractivity contribution in [1.29, 1.82) is 0 Å². The van der Waals surface area contributed by atoms with E-state index in [2.05, 4.69) is 10.2 Å². The lowest BCUT2D eigenvalue weighted by atomic mass is 9.84. The molecule has 9 heteroatoms. The molecule has 3 aromatic rings. The number of hydroxylamine groups is 2. The van der Waals surface area contributed by atoms with E-state index in [0.717, 1.165) is 11.6 Å². The van der Waals surface area contributed by atoms with E-state index < -0.39 is 27.4 Å². The van der Waals surface area contributed by atoms with E-state index in [1.54, 1.807) is 32.9 Å². The van der Waals surface area contributed by atoms with Crippen molar-refractivity contribution in [3.8, 4) is 11.3 Å². The first-order valence-corrected chi connectivity index (χ1v) is 11.0. The van der Waals surface area contributed by atoms with Gasteiger partial charge in [0, 0.05) is 22.6 Å². The highest BCUT2D eigenvalue weighted by Gasteiger charge is 2.45. The third kappa shape index (κ3) is 5.93. The number of hydrogen-bond donors (Lipinski definition) is 1. The fourth-order valence-corrected chi connectivity index (χ4v) is 3.89. The van der Waals surface area contributed by atoms with Gasteiger partial charge in [-0.2, -0.15) is 4.84 Å². The summed E-state index contributed by atoms with van der Waals surface area (Å²) < 4.78 is 27.3. The Kier molecular flexibility index (Phi) is 7.14. The number of halogens is 2. The molecule has 0 spiro atoms. The number of nitrogens with two attached hydrogens (primary N) is 1. The highest BCUT2D eigenvalue weighted by molar-refractivity contribution is 5.94. The largest absolute Gasteiger partial charge is 0.366 e. The first kappa shape index (κ1) is 26.1. The summed E-state index contributed by atoms with van der Waals surface area (Å²) in [5, 5.41) is 8.34. The van der Waals surface area contributed by atoms with Crippen molar-refractivity contribution in [2.75, 3.05) is 6.54 Å². The predicted octanol–water partition coefficient (Wildman–Crippen LogP) is 4.69. The Hall–Kier alpha value is -3.56. The van der Waals surface area contributed by atoms with Crippen molar-refractivity contribution in [2.24, 2.45) is 5.73 Å². The summed E-state index contributed by atoms with van der Waals surface area (Å²) >= 11 is 0. The molecule has 1 aromatic heterocycles. The number of rotatable bonds is 8. The van der Waals surface area contributed by atoms with Gasteiger partial charge in [-0.25, -0.2) is 13.6 Å². The van der Waals surface area contributed by atoms with Crippen molar-refractivity contribution in [2.45, 2.75) is 45.6 Å². The maximum Gasteiger partial charge on any atom is 0.340 e. The molecule has 1 atom stereocenters. The van der Waals surface area contributed by atoms with E-state index in [4.69, 9.17) is 10.6 Å². The van der Waals surface area contributed by atoms with E-state index in [9.17, 15) is 18.4 Å². The first-order valence-electron chi connectivity index (χ1n) is 11.0. The van der Waals surface area contributed by atoms with Crippen LogP contribution < -0.4 is 10.4 Å². The Morgan fingerprint density at radius 1 is 1.00 bits per heavy atom. The average Bonchev–Trinajstić information content (AvgIpc) is 2.78. The standard InChI is InChI=1S/C26H28F2N4O3/c1-25(2,3)35-32(16-33,15-26(4,5)18-7-9-19(27)10-8-18)23-13-12-22(30-31-23)20-14-17(24(29)34)6-11-21(20)28/h6-14,16H,15H2,1-5H3,(H-,29,34)/p+1. The minimum absolute atomic E-state index is 0.0490. The molecule has 0 aliphatic rings. The summed E-state index contributed by atoms with van der Waals surface area (Å²) in [6.07, 6.45) is 0.633. The van der Waals surface area contributed by atoms with Crippen molar-refractivity contribution in [3.63, 3.8) is 0 Å². The van der Waals surface area contributed by atoms with Crippen LogP contribution in [0, 0.1) is 11.6 Å². The minimum atomic E-state index is -0.748. The third-order valence-electron chi connectivity index (χ3n) is 5.43. The number of nitrogens with zero attached hydrogens (tertiary/aromatic N) is 3. The van der Waals surface area contributed by atoms with Crippen LogP contribution in [-0.4, -0.2) is 34.7 Å². The molecule has 0 bridgehead atoms. The molecule has 2 amide bonds. The molecule has 0 saturated heterocycles. The Bertz CT molecular complexity index is 1220. The van der Waals surface area contributed by atoms with Gasteiger partial charge in [0.2, 0.25) is 5.91 Å². The topological polar surface area (TPSA) is 95.2 Å². The van der Waals surface area contributed by atoms with Crippen molar-refractivity contribution in [1.82, 2.24) is 14.8 Å². The maximum atomic E-state index is 14.4. The minimum Gasteiger partial charge on any atom is -0.366 e. The molecule has 7 nitrogen and oxygen atoms in total. The number of primary amides is 1. The summed E-state index contributed by atoms with van der Waals surface area (Å²) in [5.41, 5.74) is 5.06. The van der Waals surface area contributed by atoms with Gasteiger partial charge < -0.3 is 5.73 Å². The molecule has 35 heavy (non-hydrogen) atoms. The molecule has 0 aliphatic heterocycles. The van der Waals surface area contributed by atoms with E-state index in [1.165, 1.54) is 36.4 Å². The van der Waals surface area contributed by atoms with Gasteiger partial charge in [0.15, 0.2) is 0 Å².